The molecular formula is C60H120KN9O10. The molecule has 2 rings (SSSR count). The summed E-state index contributed by atoms with van der Waals surface area (Å²) in [5.74, 6) is 2.09. The van der Waals surface area contributed by atoms with Gasteiger partial charge in [0.05, 0.1) is 50.1 Å². The van der Waals surface area contributed by atoms with E-state index >= 15 is 0 Å². The van der Waals surface area contributed by atoms with E-state index in [9.17, 15) is 24.0 Å². The van der Waals surface area contributed by atoms with E-state index in [0.717, 1.165) is 56.4 Å². The number of carbonyl (C=O) groups is 7. The third-order valence-corrected chi connectivity index (χ3v) is 11.8. The number of primary amides is 2. The van der Waals surface area contributed by atoms with Crippen LogP contribution in [0.1, 0.15) is 160 Å². The minimum absolute atomic E-state index is 0. The van der Waals surface area contributed by atoms with E-state index in [1.807, 2.05) is 89.0 Å². The first-order valence-corrected chi connectivity index (χ1v) is 28.0. The molecule has 7 unspecified atom stereocenters. The van der Waals surface area contributed by atoms with Crippen LogP contribution in [0, 0.1) is 23.7 Å². The summed E-state index contributed by atoms with van der Waals surface area (Å²) in [6.45, 7) is 31.7. The van der Waals surface area contributed by atoms with Gasteiger partial charge in [0.25, 0.3) is 0 Å². The van der Waals surface area contributed by atoms with Crippen molar-refractivity contribution in [2.75, 3.05) is 75.8 Å². The Balaban J connectivity index is -0.000000145. The number of aldehydes is 2. The molecule has 1 heterocycles. The van der Waals surface area contributed by atoms with E-state index in [1.165, 1.54) is 0 Å². The Morgan fingerprint density at radius 3 is 1.68 bits per heavy atom. The smallest absolute Gasteiger partial charge is 0.693 e. The van der Waals surface area contributed by atoms with E-state index in [0.29, 0.717) is 50.8 Å². The Morgan fingerprint density at radius 1 is 0.812 bits per heavy atom. The Hall–Kier alpha value is -3.25. The molecule has 1 aromatic rings. The quantitative estimate of drug-likeness (QED) is 0.0219. The first-order chi connectivity index (χ1) is 37.1. The molecule has 466 valence electrons. The third kappa shape index (κ3) is 58.0. The minimum atomic E-state index is -0.372. The second-order valence-electron chi connectivity index (χ2n) is 19.0. The van der Waals surface area contributed by atoms with Crippen molar-refractivity contribution in [1.82, 2.24) is 30.7 Å². The van der Waals surface area contributed by atoms with E-state index in [4.69, 9.17) is 23.8 Å². The van der Waals surface area contributed by atoms with Crippen LogP contribution in [-0.2, 0) is 47.8 Å². The zero-order valence-electron chi connectivity index (χ0n) is 54.5. The number of allylic oxidation sites excluding steroid dienone is 4. The van der Waals surface area contributed by atoms with Crippen LogP contribution in [-0.4, -0.2) is 164 Å². The Kier molecular flexibility index (Phi) is 86.2. The van der Waals surface area contributed by atoms with E-state index in [2.05, 4.69) is 140 Å². The van der Waals surface area contributed by atoms with Crippen molar-refractivity contribution in [3.8, 4) is 0 Å². The summed E-state index contributed by atoms with van der Waals surface area (Å²) in [4.78, 5) is 77.8. The predicted octanol–water partition coefficient (Wildman–Crippen LogP) is 6.10. The molecule has 1 saturated heterocycles. The van der Waals surface area contributed by atoms with Crippen molar-refractivity contribution in [3.05, 3.63) is 66.3 Å². The number of ether oxygens (including phenoxy) is 3. The second-order valence-corrected chi connectivity index (χ2v) is 19.0. The van der Waals surface area contributed by atoms with Gasteiger partial charge in [0.2, 0.25) is 31.0 Å². The first-order valence-electron chi connectivity index (χ1n) is 28.0. The fourth-order valence-corrected chi connectivity index (χ4v) is 7.09. The number of carbonyl (C=O) groups excluding carboxylic acids is 7. The predicted molar refractivity (Wildman–Crippen MR) is 330 cm³/mol. The fraction of sp³-hybridized carbons (Fsp3) is 0.717. The van der Waals surface area contributed by atoms with E-state index in [1.54, 1.807) is 14.2 Å². The van der Waals surface area contributed by atoms with Crippen molar-refractivity contribution in [2.24, 2.45) is 35.1 Å². The summed E-state index contributed by atoms with van der Waals surface area (Å²) in [6, 6.07) is 10.8. The summed E-state index contributed by atoms with van der Waals surface area (Å²) in [5.41, 5.74) is 9.47. The minimum Gasteiger partial charge on any atom is -0.693 e. The zero-order chi connectivity index (χ0) is 61.9. The molecule has 1 aliphatic heterocycles. The van der Waals surface area contributed by atoms with Crippen molar-refractivity contribution >= 4 is 43.6 Å². The summed E-state index contributed by atoms with van der Waals surface area (Å²) in [5, 5.41) is 8.15. The average Bonchev–Trinajstić information content (AvgIpc) is 3.92. The molecule has 0 radical (unpaired) electrons. The number of methoxy groups -OCH3 is 2. The van der Waals surface area contributed by atoms with Gasteiger partial charge in [-0.2, -0.15) is 0 Å². The first kappa shape index (κ1) is 95.9. The second kappa shape index (κ2) is 71.8. The molecule has 9 N–H and O–H groups in total. The summed E-state index contributed by atoms with van der Waals surface area (Å²) in [6.07, 6.45) is 16.0. The number of nitrogens with one attached hydrogen (secondary N) is 3. The SMILES string of the molecule is C/C=C\C=C/C(C)C.CC.CC(C)C(C)N(C)C.CCC(C)C(C(CC(=O)N1CCCC1C(CCC(OCNC)c1ccccc1)OC)OC)N(C)C(=O)CC(C)C.CCC=O.CCNC.NC=O.NC=O.O=CCNC=O.[K+].[NH2-]. The Labute approximate surface area is 531 Å². The summed E-state index contributed by atoms with van der Waals surface area (Å²) in [7, 11) is 13.3. The molecular weight excluding hydrogens is 1050 g/mol. The molecule has 0 aromatic heterocycles. The van der Waals surface area contributed by atoms with Gasteiger partial charge in [-0.05, 0) is 104 Å². The Bertz CT molecular complexity index is 1540. The number of hydrogen-bond acceptors (Lipinski definition) is 13. The normalized spacial score (nSPS) is 14.0. The van der Waals surface area contributed by atoms with Crippen LogP contribution in [0.25, 0.3) is 6.15 Å². The Morgan fingerprint density at radius 2 is 1.34 bits per heavy atom. The van der Waals surface area contributed by atoms with Gasteiger partial charge in [0.15, 0.2) is 0 Å². The maximum absolute atomic E-state index is 13.8. The molecule has 1 aromatic carbocycles. The molecule has 7 atom stereocenters. The monoisotopic (exact) mass is 1170 g/mol. The van der Waals surface area contributed by atoms with Gasteiger partial charge in [-0.3, -0.25) is 29.3 Å². The molecule has 0 aliphatic carbocycles. The average molecular weight is 1170 g/mol. The van der Waals surface area contributed by atoms with Crippen LogP contribution >= 0.6 is 0 Å². The number of rotatable bonds is 27. The number of amides is 5. The molecule has 5 amide bonds. The van der Waals surface area contributed by atoms with Crippen LogP contribution in [0.5, 0.6) is 0 Å². The van der Waals surface area contributed by atoms with Gasteiger partial charge >= 0.3 is 51.4 Å². The number of benzene rings is 1. The third-order valence-electron chi connectivity index (χ3n) is 11.8. The molecule has 19 nitrogen and oxygen atoms in total. The standard InChI is InChI=1S/C32H55N3O5.C8H14.C7H17N.C3H5NO2.C3H9N.C3H6O.C2H6.2CH3NO.K.H2N/c1-9-24(4)32(34(6)30(36)20-23(2)3)29(39-8)21-31(37)35-19-13-16-26(35)28(38-7)18-17-27(40-22-33-5)25-14-11-10-12-15-25;1-4-5-6-7-8(2)3;1-6(2)7(3)8(4)5;5-2-1-4-3-6;1-3-4-2;1-2-3-4;1-2;2*2-1-3;;/h10-12,14-15,23-24,26-29,32-33H,9,13,16-22H2,1-8H3;4-8H,1-3H3;6-7H,1-5H3;2-3H,1H2,(H,4,6);4H,3H2,1-2H3;3H,2H2,1H3;1-2H3;2*1H,(H2,2,3);;1H2/q;;;;;;;;;+1;-1/b;5-4-,7-6-;;;;;;;;;. The maximum Gasteiger partial charge on any atom is 1.00 e. The van der Waals surface area contributed by atoms with Gasteiger partial charge < -0.3 is 66.8 Å². The van der Waals surface area contributed by atoms with Gasteiger partial charge in [-0.15, -0.1) is 0 Å². The zero-order valence-corrected chi connectivity index (χ0v) is 57.6. The molecule has 1 fully saturated rings. The van der Waals surface area contributed by atoms with Crippen LogP contribution in [0.4, 0.5) is 0 Å². The summed E-state index contributed by atoms with van der Waals surface area (Å²) >= 11 is 0. The molecule has 80 heavy (non-hydrogen) atoms. The van der Waals surface area contributed by atoms with Crippen molar-refractivity contribution in [1.29, 1.82) is 0 Å². The fourth-order valence-electron chi connectivity index (χ4n) is 7.09. The molecule has 20 heteroatoms. The largest absolute Gasteiger partial charge is 1.00 e. The molecule has 0 saturated carbocycles. The van der Waals surface area contributed by atoms with Gasteiger partial charge in [0.1, 0.15) is 12.6 Å². The number of nitrogens with two attached hydrogens (primary N) is 3. The van der Waals surface area contributed by atoms with E-state index in [-0.39, 0.29) is 137 Å². The molecule has 0 bridgehead atoms. The molecule has 1 aliphatic rings. The van der Waals surface area contributed by atoms with Gasteiger partial charge in [0, 0.05) is 46.7 Å². The van der Waals surface area contributed by atoms with Crippen molar-refractivity contribution < 1.29 is 99.2 Å². The van der Waals surface area contributed by atoms with Crippen molar-refractivity contribution in [3.63, 3.8) is 0 Å². The molecule has 0 spiro atoms. The van der Waals surface area contributed by atoms with Crippen LogP contribution in [0.3, 0.4) is 0 Å². The number of nitrogens with zero attached hydrogens (tertiary/aromatic N) is 3. The topological polar surface area (TPSA) is 279 Å². The number of likely N-dealkylation sites (N-methyl/N-ethyl adjacent to an activating group) is 1. The number of likely N-dealkylation sites (tertiary alicyclic amines) is 1. The van der Waals surface area contributed by atoms with Crippen LogP contribution in [0.15, 0.2) is 54.6 Å². The van der Waals surface area contributed by atoms with E-state index < -0.39 is 0 Å². The van der Waals surface area contributed by atoms with Crippen LogP contribution in [0.2, 0.25) is 0 Å². The van der Waals surface area contributed by atoms with Crippen molar-refractivity contribution in [2.45, 2.75) is 185 Å². The maximum atomic E-state index is 13.8. The van der Waals surface area contributed by atoms with Gasteiger partial charge in [-0.1, -0.05) is 144 Å². The van der Waals surface area contributed by atoms with Gasteiger partial charge in [-0.25, -0.2) is 0 Å². The van der Waals surface area contributed by atoms with Crippen LogP contribution < -0.4 is 78.8 Å². The number of hydrogen-bond donors (Lipinski definition) is 5. The summed E-state index contributed by atoms with van der Waals surface area (Å²) < 4.78 is 18.0.